The van der Waals surface area contributed by atoms with E-state index in [4.69, 9.17) is 4.74 Å². The van der Waals surface area contributed by atoms with Crippen LogP contribution in [0.3, 0.4) is 0 Å². The van der Waals surface area contributed by atoms with Crippen LogP contribution in [-0.4, -0.2) is 35.8 Å². The molecule has 0 spiro atoms. The van der Waals surface area contributed by atoms with Crippen LogP contribution in [0.2, 0.25) is 0 Å². The molecule has 4 atom stereocenters. The minimum Gasteiger partial charge on any atom is -0.497 e. The molecule has 152 valence electrons. The number of hydrogen-bond acceptors (Lipinski definition) is 4. The number of imide groups is 1. The van der Waals surface area contributed by atoms with E-state index in [1.165, 1.54) is 0 Å². The Morgan fingerprint density at radius 2 is 1.55 bits per heavy atom. The zero-order chi connectivity index (χ0) is 20.1. The molecule has 29 heavy (non-hydrogen) atoms. The molecule has 3 fully saturated rings. The molecule has 5 rings (SSSR count). The fraction of sp³-hybridized carbons (Fsp3) is 0.522. The zero-order valence-corrected chi connectivity index (χ0v) is 16.5. The van der Waals surface area contributed by atoms with Crippen molar-refractivity contribution in [1.82, 2.24) is 4.90 Å². The van der Waals surface area contributed by atoms with Gasteiger partial charge in [-0.3, -0.25) is 19.3 Å². The highest BCUT2D eigenvalue weighted by molar-refractivity contribution is 6.06. The van der Waals surface area contributed by atoms with Gasteiger partial charge in [-0.1, -0.05) is 12.2 Å². The smallest absolute Gasteiger partial charge is 0.233 e. The maximum absolute atomic E-state index is 13.0. The molecule has 4 aliphatic rings. The summed E-state index contributed by atoms with van der Waals surface area (Å²) < 4.78 is 5.14. The molecule has 6 nitrogen and oxygen atoms in total. The van der Waals surface area contributed by atoms with Gasteiger partial charge in [0, 0.05) is 17.6 Å². The molecule has 0 unspecified atom stereocenters. The fourth-order valence-corrected chi connectivity index (χ4v) is 5.80. The van der Waals surface area contributed by atoms with Gasteiger partial charge in [-0.25, -0.2) is 0 Å². The zero-order valence-electron chi connectivity index (χ0n) is 16.5. The molecule has 1 heterocycles. The highest BCUT2D eigenvalue weighted by atomic mass is 16.5. The first-order valence-electron chi connectivity index (χ1n) is 10.6. The Morgan fingerprint density at radius 1 is 0.966 bits per heavy atom. The topological polar surface area (TPSA) is 75.7 Å². The van der Waals surface area contributed by atoms with E-state index in [2.05, 4.69) is 17.5 Å². The standard InChI is InChI=1S/C23H26N2O4/c1-29-18-10-6-16(7-11-18)24-21(26)13-4-8-17(9-5-13)25-22(27)19-14-2-3-15(12-14)20(19)23(25)28/h2-3,6-7,10-11,13-15,17,19-20H,4-5,8-9,12H2,1H3,(H,24,26)/t13?,14-,15-,17?,19+,20+/m0/s1. The molecule has 2 bridgehead atoms. The Balaban J connectivity index is 1.19. The molecule has 3 amide bonds. The van der Waals surface area contributed by atoms with E-state index in [1.807, 2.05) is 24.3 Å². The summed E-state index contributed by atoms with van der Waals surface area (Å²) in [5.41, 5.74) is 0.749. The summed E-state index contributed by atoms with van der Waals surface area (Å²) in [4.78, 5) is 40.2. The number of hydrogen-bond donors (Lipinski definition) is 1. The average Bonchev–Trinajstić information content (AvgIpc) is 3.42. The van der Waals surface area contributed by atoms with Gasteiger partial charge in [0.2, 0.25) is 17.7 Å². The highest BCUT2D eigenvalue weighted by Gasteiger charge is 2.60. The predicted octanol–water partition coefficient (Wildman–Crippen LogP) is 3.00. The molecule has 0 radical (unpaired) electrons. The molecule has 0 aromatic heterocycles. The minimum atomic E-state index is -0.131. The Hall–Kier alpha value is -2.63. The van der Waals surface area contributed by atoms with Crippen LogP contribution in [0.15, 0.2) is 36.4 Å². The third-order valence-corrected chi connectivity index (χ3v) is 7.29. The number of fused-ring (bicyclic) bond motifs is 5. The summed E-state index contributed by atoms with van der Waals surface area (Å²) in [7, 11) is 1.61. The molecular formula is C23H26N2O4. The molecule has 1 aromatic carbocycles. The molecule has 1 saturated heterocycles. The lowest BCUT2D eigenvalue weighted by atomic mass is 9.84. The van der Waals surface area contributed by atoms with E-state index in [1.54, 1.807) is 12.0 Å². The van der Waals surface area contributed by atoms with E-state index >= 15 is 0 Å². The molecule has 1 N–H and O–H groups in total. The quantitative estimate of drug-likeness (QED) is 0.629. The number of nitrogens with zero attached hydrogens (tertiary/aromatic N) is 1. The van der Waals surface area contributed by atoms with E-state index in [-0.39, 0.29) is 53.4 Å². The minimum absolute atomic E-state index is 0.00630. The molecule has 1 aliphatic heterocycles. The van der Waals surface area contributed by atoms with Crippen LogP contribution in [0.1, 0.15) is 32.1 Å². The summed E-state index contributed by atoms with van der Waals surface area (Å²) in [6, 6.07) is 7.23. The van der Waals surface area contributed by atoms with Crippen LogP contribution in [0.4, 0.5) is 5.69 Å². The van der Waals surface area contributed by atoms with E-state index in [0.717, 1.165) is 17.9 Å². The van der Waals surface area contributed by atoms with Gasteiger partial charge in [0.05, 0.1) is 18.9 Å². The SMILES string of the molecule is COc1ccc(NC(=O)C2CCC(N3C(=O)[C@H]4[C@H](C3=O)[C@H]3C=C[C@H]4C3)CC2)cc1. The van der Waals surface area contributed by atoms with Crippen molar-refractivity contribution in [3.05, 3.63) is 36.4 Å². The molecule has 6 heteroatoms. The average molecular weight is 394 g/mol. The normalized spacial score (nSPS) is 35.1. The second kappa shape index (κ2) is 7.01. The number of allylic oxidation sites excluding steroid dienone is 2. The Kier molecular flexibility index (Phi) is 4.45. The van der Waals surface area contributed by atoms with Crippen LogP contribution < -0.4 is 10.1 Å². The first-order chi connectivity index (χ1) is 14.1. The van der Waals surface area contributed by atoms with Gasteiger partial charge in [-0.2, -0.15) is 0 Å². The highest BCUT2D eigenvalue weighted by Crippen LogP contribution is 2.53. The van der Waals surface area contributed by atoms with Crippen LogP contribution in [0, 0.1) is 29.6 Å². The maximum atomic E-state index is 13.0. The second-order valence-corrected chi connectivity index (χ2v) is 8.77. The Morgan fingerprint density at radius 3 is 2.10 bits per heavy atom. The lowest BCUT2D eigenvalue weighted by molar-refractivity contribution is -0.144. The first kappa shape index (κ1) is 18.4. The van der Waals surface area contributed by atoms with Crippen molar-refractivity contribution < 1.29 is 19.1 Å². The largest absolute Gasteiger partial charge is 0.497 e. The van der Waals surface area contributed by atoms with Crippen molar-refractivity contribution in [2.45, 2.75) is 38.1 Å². The van der Waals surface area contributed by atoms with Gasteiger partial charge in [0.15, 0.2) is 0 Å². The Bertz CT molecular complexity index is 839. The number of carbonyl (C=O) groups is 3. The summed E-state index contributed by atoms with van der Waals surface area (Å²) >= 11 is 0. The lowest BCUT2D eigenvalue weighted by Crippen LogP contribution is -2.44. The molecule has 2 saturated carbocycles. The van der Waals surface area contributed by atoms with Crippen molar-refractivity contribution in [2.24, 2.45) is 29.6 Å². The number of methoxy groups -OCH3 is 1. The van der Waals surface area contributed by atoms with E-state index in [0.29, 0.717) is 25.7 Å². The van der Waals surface area contributed by atoms with Crippen LogP contribution in [0.25, 0.3) is 0 Å². The summed E-state index contributed by atoms with van der Waals surface area (Å²) in [6.07, 6.45) is 8.02. The van der Waals surface area contributed by atoms with Gasteiger partial charge in [-0.15, -0.1) is 0 Å². The van der Waals surface area contributed by atoms with E-state index in [9.17, 15) is 14.4 Å². The Labute approximate surface area is 170 Å². The number of rotatable bonds is 4. The number of amides is 3. The van der Waals surface area contributed by atoms with Gasteiger partial charge in [-0.05, 0) is 68.2 Å². The number of anilines is 1. The third kappa shape index (κ3) is 2.96. The fourth-order valence-electron chi connectivity index (χ4n) is 5.80. The van der Waals surface area contributed by atoms with Gasteiger partial charge >= 0.3 is 0 Å². The van der Waals surface area contributed by atoms with Gasteiger partial charge < -0.3 is 10.1 Å². The van der Waals surface area contributed by atoms with Crippen LogP contribution >= 0.6 is 0 Å². The van der Waals surface area contributed by atoms with Crippen LogP contribution in [-0.2, 0) is 14.4 Å². The van der Waals surface area contributed by atoms with Crippen LogP contribution in [0.5, 0.6) is 5.75 Å². The number of nitrogens with one attached hydrogen (secondary N) is 1. The summed E-state index contributed by atoms with van der Waals surface area (Å²) in [5.74, 6) is 0.964. The lowest BCUT2D eigenvalue weighted by Gasteiger charge is -2.33. The van der Waals surface area contributed by atoms with Crippen molar-refractivity contribution in [1.29, 1.82) is 0 Å². The summed E-state index contributed by atoms with van der Waals surface area (Å²) in [5, 5.41) is 2.97. The number of benzene rings is 1. The van der Waals surface area contributed by atoms with Crippen molar-refractivity contribution >= 4 is 23.4 Å². The summed E-state index contributed by atoms with van der Waals surface area (Å²) in [6.45, 7) is 0. The number of carbonyl (C=O) groups excluding carboxylic acids is 3. The van der Waals surface area contributed by atoms with Crippen molar-refractivity contribution in [2.75, 3.05) is 12.4 Å². The monoisotopic (exact) mass is 394 g/mol. The molecule has 1 aromatic rings. The second-order valence-electron chi connectivity index (χ2n) is 8.77. The first-order valence-corrected chi connectivity index (χ1v) is 10.6. The van der Waals surface area contributed by atoms with Crippen molar-refractivity contribution in [3.63, 3.8) is 0 Å². The number of likely N-dealkylation sites (tertiary alicyclic amines) is 1. The van der Waals surface area contributed by atoms with E-state index < -0.39 is 0 Å². The predicted molar refractivity (Wildman–Crippen MR) is 107 cm³/mol. The van der Waals surface area contributed by atoms with Crippen molar-refractivity contribution in [3.8, 4) is 5.75 Å². The molecule has 3 aliphatic carbocycles. The number of ether oxygens (including phenoxy) is 1. The van der Waals surface area contributed by atoms with Gasteiger partial charge in [0.25, 0.3) is 0 Å². The van der Waals surface area contributed by atoms with Gasteiger partial charge in [0.1, 0.15) is 5.75 Å². The molecular weight excluding hydrogens is 368 g/mol. The maximum Gasteiger partial charge on any atom is 0.233 e. The third-order valence-electron chi connectivity index (χ3n) is 7.29.